The van der Waals surface area contributed by atoms with Gasteiger partial charge in [-0.2, -0.15) is 5.26 Å². The zero-order chi connectivity index (χ0) is 13.7. The molecule has 19 heavy (non-hydrogen) atoms. The molecular formula is C17H14N2. The first-order valence-electron chi connectivity index (χ1n) is 6.04. The highest BCUT2D eigenvalue weighted by Crippen LogP contribution is 2.27. The van der Waals surface area contributed by atoms with Crippen molar-refractivity contribution in [3.63, 3.8) is 0 Å². The number of benzene rings is 2. The molecule has 0 saturated heterocycles. The highest BCUT2D eigenvalue weighted by molar-refractivity contribution is 5.46. The Morgan fingerprint density at radius 1 is 1.16 bits per heavy atom. The van der Waals surface area contributed by atoms with Crippen LogP contribution in [0, 0.1) is 23.7 Å². The summed E-state index contributed by atoms with van der Waals surface area (Å²) in [6, 6.07) is 17.4. The topological polar surface area (TPSA) is 49.8 Å². The van der Waals surface area contributed by atoms with Crippen molar-refractivity contribution in [2.45, 2.75) is 12.5 Å². The number of nitrogens with zero attached hydrogens (tertiary/aromatic N) is 1. The summed E-state index contributed by atoms with van der Waals surface area (Å²) in [5, 5.41) is 8.97. The molecule has 0 bridgehead atoms. The molecule has 2 aromatic carbocycles. The molecule has 2 nitrogen and oxygen atoms in total. The number of nitrogens with two attached hydrogens (primary N) is 1. The third-order valence-electron chi connectivity index (χ3n) is 3.10. The van der Waals surface area contributed by atoms with Crippen molar-refractivity contribution < 1.29 is 0 Å². The van der Waals surface area contributed by atoms with Crippen LogP contribution in [0.1, 0.15) is 28.2 Å². The van der Waals surface area contributed by atoms with Gasteiger partial charge in [-0.05, 0) is 28.8 Å². The fraction of sp³-hybridized carbons (Fsp3) is 0.118. The quantitative estimate of drug-likeness (QED) is 0.847. The Kier molecular flexibility index (Phi) is 3.98. The van der Waals surface area contributed by atoms with E-state index in [2.05, 4.69) is 12.0 Å². The molecule has 0 aromatic heterocycles. The van der Waals surface area contributed by atoms with E-state index < -0.39 is 0 Å². The number of rotatable bonds is 3. The van der Waals surface area contributed by atoms with Crippen LogP contribution >= 0.6 is 0 Å². The van der Waals surface area contributed by atoms with Gasteiger partial charge < -0.3 is 5.73 Å². The summed E-state index contributed by atoms with van der Waals surface area (Å²) in [4.78, 5) is 0. The van der Waals surface area contributed by atoms with Crippen LogP contribution in [0.15, 0.2) is 48.5 Å². The lowest BCUT2D eigenvalue weighted by Gasteiger charge is -2.15. The van der Waals surface area contributed by atoms with Gasteiger partial charge in [0.1, 0.15) is 0 Å². The minimum absolute atomic E-state index is 0.173. The van der Waals surface area contributed by atoms with Crippen molar-refractivity contribution in [3.05, 3.63) is 70.8 Å². The van der Waals surface area contributed by atoms with Crippen molar-refractivity contribution >= 4 is 0 Å². The Morgan fingerprint density at radius 3 is 2.63 bits per heavy atom. The van der Waals surface area contributed by atoms with E-state index in [9.17, 15) is 0 Å². The number of hydrogen-bond donors (Lipinski definition) is 1. The molecule has 1 unspecified atom stereocenters. The summed E-state index contributed by atoms with van der Waals surface area (Å²) in [7, 11) is 0. The average Bonchev–Trinajstić information content (AvgIpc) is 2.49. The zero-order valence-electron chi connectivity index (χ0n) is 10.5. The lowest BCUT2D eigenvalue weighted by molar-refractivity contribution is 0.974. The molecule has 0 aliphatic rings. The van der Waals surface area contributed by atoms with Gasteiger partial charge in [-0.3, -0.25) is 0 Å². The van der Waals surface area contributed by atoms with Crippen LogP contribution in [-0.4, -0.2) is 0 Å². The minimum atomic E-state index is -0.173. The molecule has 2 heteroatoms. The van der Waals surface area contributed by atoms with Crippen LogP contribution in [0.25, 0.3) is 0 Å². The highest BCUT2D eigenvalue weighted by atomic mass is 14.5. The fourth-order valence-corrected chi connectivity index (χ4v) is 2.16. The van der Waals surface area contributed by atoms with Gasteiger partial charge in [-0.15, -0.1) is 6.42 Å². The molecule has 0 amide bonds. The Bertz CT molecular complexity index is 659. The predicted molar refractivity (Wildman–Crippen MR) is 76.2 cm³/mol. The maximum absolute atomic E-state index is 8.97. The summed E-state index contributed by atoms with van der Waals surface area (Å²) in [5.41, 5.74) is 9.38. The molecule has 2 rings (SSSR count). The monoisotopic (exact) mass is 246 g/mol. The first-order valence-corrected chi connectivity index (χ1v) is 6.04. The van der Waals surface area contributed by atoms with Crippen LogP contribution in [0.3, 0.4) is 0 Å². The van der Waals surface area contributed by atoms with Crippen LogP contribution in [0.2, 0.25) is 0 Å². The van der Waals surface area contributed by atoms with Gasteiger partial charge >= 0.3 is 0 Å². The highest BCUT2D eigenvalue weighted by Gasteiger charge is 2.14. The number of nitriles is 1. The Balaban J connectivity index is 2.51. The SMILES string of the molecule is C#CC(c1cccc(C#N)c1)c1ccccc1CN. The Hall–Kier alpha value is -2.55. The van der Waals surface area contributed by atoms with Gasteiger partial charge in [-0.1, -0.05) is 42.3 Å². The van der Waals surface area contributed by atoms with Gasteiger partial charge in [0.05, 0.1) is 17.6 Å². The van der Waals surface area contributed by atoms with Crippen molar-refractivity contribution in [1.82, 2.24) is 0 Å². The summed E-state index contributed by atoms with van der Waals surface area (Å²) < 4.78 is 0. The fourth-order valence-electron chi connectivity index (χ4n) is 2.16. The van der Waals surface area contributed by atoms with Gasteiger partial charge in [0, 0.05) is 6.54 Å². The third kappa shape index (κ3) is 2.65. The molecule has 0 fully saturated rings. The molecule has 0 saturated carbocycles. The van der Waals surface area contributed by atoms with E-state index in [0.29, 0.717) is 12.1 Å². The van der Waals surface area contributed by atoms with Crippen molar-refractivity contribution in [2.75, 3.05) is 0 Å². The van der Waals surface area contributed by atoms with E-state index in [0.717, 1.165) is 16.7 Å². The predicted octanol–water partition coefficient (Wildman–Crippen LogP) is 2.78. The summed E-state index contributed by atoms with van der Waals surface area (Å²) in [6.45, 7) is 0.451. The van der Waals surface area contributed by atoms with Gasteiger partial charge in [0.2, 0.25) is 0 Å². The standard InChI is InChI=1S/C17H14N2/c1-2-16(14-8-5-6-13(10-14)11-18)17-9-4-3-7-15(17)12-19/h1,3-10,16H,12,19H2. The van der Waals surface area contributed by atoms with Gasteiger partial charge in [0.25, 0.3) is 0 Å². The van der Waals surface area contributed by atoms with E-state index in [-0.39, 0.29) is 5.92 Å². The molecule has 1 atom stereocenters. The Labute approximate surface area is 113 Å². The van der Waals surface area contributed by atoms with Crippen LogP contribution in [0.4, 0.5) is 0 Å². The minimum Gasteiger partial charge on any atom is -0.326 e. The maximum atomic E-state index is 8.97. The van der Waals surface area contributed by atoms with Crippen molar-refractivity contribution in [3.8, 4) is 18.4 Å². The molecule has 0 spiro atoms. The van der Waals surface area contributed by atoms with Gasteiger partial charge in [-0.25, -0.2) is 0 Å². The van der Waals surface area contributed by atoms with E-state index >= 15 is 0 Å². The van der Waals surface area contributed by atoms with Crippen molar-refractivity contribution in [2.24, 2.45) is 5.73 Å². The van der Waals surface area contributed by atoms with Crippen LogP contribution < -0.4 is 5.73 Å². The summed E-state index contributed by atoms with van der Waals surface area (Å²) in [6.07, 6.45) is 5.68. The number of terminal acetylenes is 1. The lowest BCUT2D eigenvalue weighted by Crippen LogP contribution is -2.06. The normalized spacial score (nSPS) is 11.3. The van der Waals surface area contributed by atoms with Gasteiger partial charge in [0.15, 0.2) is 0 Å². The second-order valence-electron chi connectivity index (χ2n) is 4.24. The maximum Gasteiger partial charge on any atom is 0.0991 e. The molecule has 0 heterocycles. The molecule has 0 aliphatic carbocycles. The lowest BCUT2D eigenvalue weighted by atomic mass is 9.88. The molecule has 0 radical (unpaired) electrons. The first kappa shape index (κ1) is 12.9. The van der Waals surface area contributed by atoms with Crippen molar-refractivity contribution in [1.29, 1.82) is 5.26 Å². The summed E-state index contributed by atoms with van der Waals surface area (Å²) >= 11 is 0. The molecule has 0 aliphatic heterocycles. The second-order valence-corrected chi connectivity index (χ2v) is 4.24. The molecule has 92 valence electrons. The summed E-state index contributed by atoms with van der Waals surface area (Å²) in [5.74, 6) is 2.62. The smallest absolute Gasteiger partial charge is 0.0991 e. The van der Waals surface area contributed by atoms with E-state index in [4.69, 9.17) is 17.4 Å². The van der Waals surface area contributed by atoms with Crippen LogP contribution in [-0.2, 0) is 6.54 Å². The third-order valence-corrected chi connectivity index (χ3v) is 3.10. The van der Waals surface area contributed by atoms with Crippen LogP contribution in [0.5, 0.6) is 0 Å². The van der Waals surface area contributed by atoms with E-state index in [1.807, 2.05) is 42.5 Å². The Morgan fingerprint density at radius 2 is 1.95 bits per heavy atom. The largest absolute Gasteiger partial charge is 0.326 e. The van der Waals surface area contributed by atoms with E-state index in [1.165, 1.54) is 0 Å². The second kappa shape index (κ2) is 5.87. The zero-order valence-corrected chi connectivity index (χ0v) is 10.5. The molecular weight excluding hydrogens is 232 g/mol. The number of hydrogen-bond acceptors (Lipinski definition) is 2. The van der Waals surface area contributed by atoms with E-state index in [1.54, 1.807) is 6.07 Å². The molecule has 2 aromatic rings. The molecule has 2 N–H and O–H groups in total. The first-order chi connectivity index (χ1) is 9.30. The average molecular weight is 246 g/mol.